The zero-order valence-electron chi connectivity index (χ0n) is 11.7. The molecule has 8 heteroatoms. The highest BCUT2D eigenvalue weighted by atomic mass is 19.4. The first-order chi connectivity index (χ1) is 9.82. The average molecular weight is 306 g/mol. The molecule has 0 saturated heterocycles. The Balaban J connectivity index is 3.12. The van der Waals surface area contributed by atoms with E-state index in [2.05, 4.69) is 0 Å². The predicted molar refractivity (Wildman–Crippen MR) is 70.6 cm³/mol. The number of carbonyl (C=O) groups excluding carboxylic acids is 1. The molecule has 0 bridgehead atoms. The maximum Gasteiger partial charge on any atom is 0.406 e. The fourth-order valence-electron chi connectivity index (χ4n) is 1.78. The third-order valence-electron chi connectivity index (χ3n) is 2.69. The molecule has 0 fully saturated rings. The van der Waals surface area contributed by atoms with E-state index >= 15 is 0 Å². The second-order valence-corrected chi connectivity index (χ2v) is 4.20. The lowest BCUT2D eigenvalue weighted by atomic mass is 10.1. The normalized spacial score (nSPS) is 11.1. The van der Waals surface area contributed by atoms with Gasteiger partial charge in [0.1, 0.15) is 18.0 Å². The second kappa shape index (κ2) is 7.16. The summed E-state index contributed by atoms with van der Waals surface area (Å²) >= 11 is 0. The van der Waals surface area contributed by atoms with Crippen LogP contribution in [-0.4, -0.2) is 50.8 Å². The molecule has 0 radical (unpaired) electrons. The molecular weight excluding hydrogens is 289 g/mol. The van der Waals surface area contributed by atoms with Crippen molar-refractivity contribution in [2.24, 2.45) is 5.73 Å². The third-order valence-corrected chi connectivity index (χ3v) is 2.69. The minimum absolute atomic E-state index is 0.00505. The Bertz CT molecular complexity index is 492. The van der Waals surface area contributed by atoms with Crippen molar-refractivity contribution in [2.75, 3.05) is 33.9 Å². The molecule has 0 aliphatic carbocycles. The molecule has 1 rings (SSSR count). The van der Waals surface area contributed by atoms with Crippen LogP contribution in [0.1, 0.15) is 10.4 Å². The summed E-state index contributed by atoms with van der Waals surface area (Å²) in [4.78, 5) is 12.9. The maximum atomic E-state index is 12.5. The number of ether oxygens (including phenoxy) is 2. The largest absolute Gasteiger partial charge is 0.497 e. The lowest BCUT2D eigenvalue weighted by molar-refractivity contribution is -0.140. The lowest BCUT2D eigenvalue weighted by Gasteiger charge is -2.24. The average Bonchev–Trinajstić information content (AvgIpc) is 2.44. The summed E-state index contributed by atoms with van der Waals surface area (Å²) in [7, 11) is 2.72. The summed E-state index contributed by atoms with van der Waals surface area (Å²) in [6.07, 6.45) is -4.50. The summed E-state index contributed by atoms with van der Waals surface area (Å²) in [5.41, 5.74) is 5.27. The number of nitrogens with zero attached hydrogens (tertiary/aromatic N) is 1. The number of halogens is 3. The van der Waals surface area contributed by atoms with E-state index in [1.807, 2.05) is 0 Å². The Morgan fingerprint density at radius 3 is 2.43 bits per heavy atom. The molecule has 0 unspecified atom stereocenters. The first kappa shape index (κ1) is 17.1. The van der Waals surface area contributed by atoms with Crippen molar-refractivity contribution < 1.29 is 27.4 Å². The van der Waals surface area contributed by atoms with E-state index in [-0.39, 0.29) is 24.4 Å². The van der Waals surface area contributed by atoms with Gasteiger partial charge in [0.2, 0.25) is 0 Å². The van der Waals surface area contributed by atoms with E-state index in [9.17, 15) is 18.0 Å². The van der Waals surface area contributed by atoms with Crippen molar-refractivity contribution in [3.8, 4) is 11.5 Å². The molecule has 1 aromatic carbocycles. The lowest BCUT2D eigenvalue weighted by Crippen LogP contribution is -2.41. The van der Waals surface area contributed by atoms with Gasteiger partial charge in [0, 0.05) is 13.1 Å². The summed E-state index contributed by atoms with van der Waals surface area (Å²) in [6.45, 7) is -1.66. The van der Waals surface area contributed by atoms with Crippen LogP contribution in [-0.2, 0) is 0 Å². The first-order valence-corrected chi connectivity index (χ1v) is 6.10. The van der Waals surface area contributed by atoms with Crippen molar-refractivity contribution in [1.29, 1.82) is 0 Å². The van der Waals surface area contributed by atoms with Crippen LogP contribution in [0.15, 0.2) is 18.2 Å². The van der Waals surface area contributed by atoms with Gasteiger partial charge in [0.15, 0.2) is 0 Å². The molecule has 21 heavy (non-hydrogen) atoms. The van der Waals surface area contributed by atoms with Crippen molar-refractivity contribution in [3.63, 3.8) is 0 Å². The zero-order valence-corrected chi connectivity index (χ0v) is 11.7. The van der Waals surface area contributed by atoms with Gasteiger partial charge in [-0.2, -0.15) is 13.2 Å². The van der Waals surface area contributed by atoms with Crippen LogP contribution in [0.25, 0.3) is 0 Å². The van der Waals surface area contributed by atoms with Gasteiger partial charge < -0.3 is 20.1 Å². The molecule has 0 aromatic heterocycles. The molecule has 1 aromatic rings. The van der Waals surface area contributed by atoms with E-state index < -0.39 is 18.6 Å². The fourth-order valence-corrected chi connectivity index (χ4v) is 1.78. The van der Waals surface area contributed by atoms with E-state index in [0.717, 1.165) is 0 Å². The molecule has 0 aliphatic heterocycles. The van der Waals surface area contributed by atoms with Crippen molar-refractivity contribution in [1.82, 2.24) is 4.90 Å². The van der Waals surface area contributed by atoms with E-state index in [1.165, 1.54) is 26.4 Å². The molecular formula is C13H17F3N2O3. The third kappa shape index (κ3) is 4.82. The molecule has 0 aliphatic rings. The van der Waals surface area contributed by atoms with Gasteiger partial charge in [-0.3, -0.25) is 4.79 Å². The quantitative estimate of drug-likeness (QED) is 0.868. The van der Waals surface area contributed by atoms with Crippen molar-refractivity contribution in [2.45, 2.75) is 6.18 Å². The number of nitrogens with two attached hydrogens (primary N) is 1. The van der Waals surface area contributed by atoms with E-state index in [0.29, 0.717) is 10.6 Å². The zero-order chi connectivity index (χ0) is 16.0. The Kier molecular flexibility index (Phi) is 5.83. The Hall–Kier alpha value is -1.96. The SMILES string of the molecule is COc1ccc(OC)c(C(=O)N(CCN)CC(F)(F)F)c1. The highest BCUT2D eigenvalue weighted by Gasteiger charge is 2.33. The monoisotopic (exact) mass is 306 g/mol. The van der Waals surface area contributed by atoms with Crippen LogP contribution in [0.3, 0.4) is 0 Å². The minimum Gasteiger partial charge on any atom is -0.497 e. The second-order valence-electron chi connectivity index (χ2n) is 4.20. The maximum absolute atomic E-state index is 12.5. The number of hydrogen-bond donors (Lipinski definition) is 1. The number of amides is 1. The van der Waals surface area contributed by atoms with E-state index in [1.54, 1.807) is 6.07 Å². The summed E-state index contributed by atoms with van der Waals surface area (Å²) < 4.78 is 47.6. The molecule has 0 spiro atoms. The van der Waals surface area contributed by atoms with Gasteiger partial charge in [-0.05, 0) is 18.2 Å². The smallest absolute Gasteiger partial charge is 0.406 e. The molecule has 2 N–H and O–H groups in total. The first-order valence-electron chi connectivity index (χ1n) is 6.10. The summed E-state index contributed by atoms with van der Waals surface area (Å²) in [5, 5.41) is 0. The molecule has 0 atom stereocenters. The van der Waals surface area contributed by atoms with Crippen molar-refractivity contribution >= 4 is 5.91 Å². The molecule has 0 heterocycles. The van der Waals surface area contributed by atoms with Gasteiger partial charge in [-0.25, -0.2) is 0 Å². The number of alkyl halides is 3. The van der Waals surface area contributed by atoms with Crippen LogP contribution >= 0.6 is 0 Å². The van der Waals surface area contributed by atoms with Crippen LogP contribution in [0.4, 0.5) is 13.2 Å². The summed E-state index contributed by atoms with van der Waals surface area (Å²) in [6, 6.07) is 4.34. The number of benzene rings is 1. The van der Waals surface area contributed by atoms with Crippen LogP contribution < -0.4 is 15.2 Å². The highest BCUT2D eigenvalue weighted by Crippen LogP contribution is 2.26. The van der Waals surface area contributed by atoms with Gasteiger partial charge >= 0.3 is 6.18 Å². The number of carbonyl (C=O) groups is 1. The standard InChI is InChI=1S/C13H17F3N2O3/c1-20-9-3-4-11(21-2)10(7-9)12(19)18(6-5-17)8-13(14,15)16/h3-4,7H,5-6,8,17H2,1-2H3. The highest BCUT2D eigenvalue weighted by molar-refractivity contribution is 5.97. The molecule has 1 amide bonds. The Morgan fingerprint density at radius 2 is 1.95 bits per heavy atom. The molecule has 5 nitrogen and oxygen atoms in total. The van der Waals surface area contributed by atoms with Gasteiger partial charge in [0.05, 0.1) is 19.8 Å². The number of rotatable bonds is 6. The van der Waals surface area contributed by atoms with E-state index in [4.69, 9.17) is 15.2 Å². The topological polar surface area (TPSA) is 64.8 Å². The van der Waals surface area contributed by atoms with Crippen LogP contribution in [0.2, 0.25) is 0 Å². The number of methoxy groups -OCH3 is 2. The molecule has 118 valence electrons. The van der Waals surface area contributed by atoms with Gasteiger partial charge in [-0.15, -0.1) is 0 Å². The Labute approximate surface area is 120 Å². The van der Waals surface area contributed by atoms with Crippen molar-refractivity contribution in [3.05, 3.63) is 23.8 Å². The Morgan fingerprint density at radius 1 is 1.29 bits per heavy atom. The summed E-state index contributed by atoms with van der Waals surface area (Å²) in [5.74, 6) is -0.294. The predicted octanol–water partition coefficient (Wildman–Crippen LogP) is 1.67. The fraction of sp³-hybridized carbons (Fsp3) is 0.462. The minimum atomic E-state index is -4.50. The van der Waals surface area contributed by atoms with Crippen LogP contribution in [0.5, 0.6) is 11.5 Å². The van der Waals surface area contributed by atoms with Gasteiger partial charge in [0.25, 0.3) is 5.91 Å². The molecule has 0 saturated carbocycles. The van der Waals surface area contributed by atoms with Crippen LogP contribution in [0, 0.1) is 0 Å². The number of hydrogen-bond acceptors (Lipinski definition) is 4. The van der Waals surface area contributed by atoms with Gasteiger partial charge in [-0.1, -0.05) is 0 Å².